The number of rotatable bonds is 1. The molecule has 0 radical (unpaired) electrons. The summed E-state index contributed by atoms with van der Waals surface area (Å²) in [6, 6.07) is 5.60. The molecule has 0 aromatic heterocycles. The van der Waals surface area contributed by atoms with Gasteiger partial charge in [0.2, 0.25) is 0 Å². The van der Waals surface area contributed by atoms with Crippen LogP contribution in [-0.2, 0) is 0 Å². The highest BCUT2D eigenvalue weighted by atomic mass is 127. The lowest BCUT2D eigenvalue weighted by molar-refractivity contribution is 0.112. The van der Waals surface area contributed by atoms with Crippen LogP contribution >= 0.6 is 38.5 Å². The summed E-state index contributed by atoms with van der Waals surface area (Å²) in [6.07, 6.45) is 0.833. The van der Waals surface area contributed by atoms with E-state index in [1.807, 2.05) is 12.1 Å². The molecule has 0 bridgehead atoms. The Kier molecular flexibility index (Phi) is 2.85. The minimum Gasteiger partial charge on any atom is -0.298 e. The van der Waals surface area contributed by atoms with Crippen molar-refractivity contribution in [2.45, 2.75) is 0 Å². The van der Waals surface area contributed by atoms with Crippen molar-refractivity contribution in [1.82, 2.24) is 0 Å². The van der Waals surface area contributed by atoms with Crippen LogP contribution in [0.15, 0.2) is 22.7 Å². The third-order valence-corrected chi connectivity index (χ3v) is 2.45. The molecular weight excluding hydrogens is 307 g/mol. The van der Waals surface area contributed by atoms with Gasteiger partial charge in [-0.25, -0.2) is 0 Å². The summed E-state index contributed by atoms with van der Waals surface area (Å²) in [4.78, 5) is 10.3. The van der Waals surface area contributed by atoms with Crippen LogP contribution in [0.2, 0.25) is 0 Å². The Balaban J connectivity index is 3.19. The summed E-state index contributed by atoms with van der Waals surface area (Å²) in [5.74, 6) is 0. The molecule has 0 fully saturated rings. The van der Waals surface area contributed by atoms with Gasteiger partial charge in [-0.3, -0.25) is 4.79 Å². The Bertz CT molecular complexity index is 260. The number of hydrogen-bond donors (Lipinski definition) is 0. The lowest BCUT2D eigenvalue weighted by Crippen LogP contribution is -1.81. The first kappa shape index (κ1) is 8.20. The van der Waals surface area contributed by atoms with E-state index in [9.17, 15) is 4.79 Å². The van der Waals surface area contributed by atoms with Crippen molar-refractivity contribution in [3.8, 4) is 0 Å². The Morgan fingerprint density at radius 3 is 2.70 bits per heavy atom. The Morgan fingerprint density at radius 1 is 1.50 bits per heavy atom. The fraction of sp³-hybridized carbons (Fsp3) is 0. The first-order valence-electron chi connectivity index (χ1n) is 2.64. The van der Waals surface area contributed by atoms with Crippen LogP contribution in [0, 0.1) is 3.57 Å². The van der Waals surface area contributed by atoms with Gasteiger partial charge in [-0.15, -0.1) is 0 Å². The van der Waals surface area contributed by atoms with Crippen LogP contribution in [0.4, 0.5) is 0 Å². The van der Waals surface area contributed by atoms with Gasteiger partial charge >= 0.3 is 0 Å². The molecular formula is C7H4BrIO. The van der Waals surface area contributed by atoms with Gasteiger partial charge in [0.1, 0.15) is 0 Å². The maximum absolute atomic E-state index is 10.3. The van der Waals surface area contributed by atoms with E-state index in [2.05, 4.69) is 38.5 Å². The number of carbonyl (C=O) groups is 1. The lowest BCUT2D eigenvalue weighted by Gasteiger charge is -1.94. The minimum absolute atomic E-state index is 0.695. The van der Waals surface area contributed by atoms with E-state index < -0.39 is 0 Å². The molecule has 0 N–H and O–H groups in total. The number of benzene rings is 1. The molecule has 0 amide bonds. The van der Waals surface area contributed by atoms with Gasteiger partial charge in [0.15, 0.2) is 6.29 Å². The summed E-state index contributed by atoms with van der Waals surface area (Å²) in [5, 5.41) is 0. The Labute approximate surface area is 81.1 Å². The van der Waals surface area contributed by atoms with Gasteiger partial charge in [0, 0.05) is 13.6 Å². The Hall–Kier alpha value is 0.1000. The average Bonchev–Trinajstić information content (AvgIpc) is 1.88. The van der Waals surface area contributed by atoms with Crippen molar-refractivity contribution < 1.29 is 4.79 Å². The van der Waals surface area contributed by atoms with Crippen LogP contribution in [0.3, 0.4) is 0 Å². The number of carbonyl (C=O) groups excluding carboxylic acids is 1. The van der Waals surface area contributed by atoms with Crippen LogP contribution in [0.25, 0.3) is 0 Å². The predicted octanol–water partition coefficient (Wildman–Crippen LogP) is 2.87. The average molecular weight is 311 g/mol. The molecule has 52 valence electrons. The van der Waals surface area contributed by atoms with Crippen molar-refractivity contribution in [1.29, 1.82) is 0 Å². The van der Waals surface area contributed by atoms with Gasteiger partial charge in [-0.05, 0) is 40.8 Å². The third-order valence-electron chi connectivity index (χ3n) is 1.09. The van der Waals surface area contributed by atoms with Gasteiger partial charge in [0.05, 0.1) is 0 Å². The van der Waals surface area contributed by atoms with E-state index in [0.29, 0.717) is 5.56 Å². The standard InChI is InChI=1S/C7H4BrIO/c8-7-3-6(9)2-1-5(7)4-10/h1-4H. The van der Waals surface area contributed by atoms with Crippen molar-refractivity contribution in [3.05, 3.63) is 31.8 Å². The molecule has 0 aliphatic rings. The summed E-state index contributed by atoms with van der Waals surface area (Å²) < 4.78 is 1.98. The highest BCUT2D eigenvalue weighted by Gasteiger charge is 1.96. The van der Waals surface area contributed by atoms with Crippen molar-refractivity contribution in [2.24, 2.45) is 0 Å². The highest BCUT2D eigenvalue weighted by Crippen LogP contribution is 2.17. The minimum atomic E-state index is 0.695. The molecule has 1 aromatic rings. The fourth-order valence-electron chi connectivity index (χ4n) is 0.597. The molecule has 1 rings (SSSR count). The van der Waals surface area contributed by atoms with Crippen molar-refractivity contribution in [2.75, 3.05) is 0 Å². The maximum Gasteiger partial charge on any atom is 0.151 e. The third kappa shape index (κ3) is 1.79. The van der Waals surface area contributed by atoms with Crippen LogP contribution < -0.4 is 0 Å². The molecule has 1 nitrogen and oxygen atoms in total. The van der Waals surface area contributed by atoms with Crippen molar-refractivity contribution in [3.63, 3.8) is 0 Å². The van der Waals surface area contributed by atoms with E-state index in [1.54, 1.807) is 6.07 Å². The number of hydrogen-bond acceptors (Lipinski definition) is 1. The summed E-state index contributed by atoms with van der Waals surface area (Å²) >= 11 is 5.46. The first-order valence-corrected chi connectivity index (χ1v) is 4.51. The number of halogens is 2. The van der Waals surface area contributed by atoms with E-state index in [4.69, 9.17) is 0 Å². The maximum atomic E-state index is 10.3. The molecule has 1 aromatic carbocycles. The topological polar surface area (TPSA) is 17.1 Å². The molecule has 0 unspecified atom stereocenters. The van der Waals surface area contributed by atoms with E-state index >= 15 is 0 Å². The molecule has 0 saturated carbocycles. The van der Waals surface area contributed by atoms with Crippen molar-refractivity contribution >= 4 is 44.8 Å². The largest absolute Gasteiger partial charge is 0.298 e. The van der Waals surface area contributed by atoms with Gasteiger partial charge in [-0.1, -0.05) is 15.9 Å². The smallest absolute Gasteiger partial charge is 0.151 e. The van der Waals surface area contributed by atoms with Crippen LogP contribution in [-0.4, -0.2) is 6.29 Å². The zero-order chi connectivity index (χ0) is 7.56. The molecule has 0 atom stereocenters. The molecule has 0 aliphatic carbocycles. The molecule has 0 aliphatic heterocycles. The molecule has 0 spiro atoms. The lowest BCUT2D eigenvalue weighted by atomic mass is 10.2. The second-order valence-electron chi connectivity index (χ2n) is 1.78. The molecule has 3 heteroatoms. The SMILES string of the molecule is O=Cc1ccc(I)cc1Br. The summed E-state index contributed by atoms with van der Waals surface area (Å²) in [5.41, 5.74) is 0.695. The van der Waals surface area contributed by atoms with Crippen LogP contribution in [0.1, 0.15) is 10.4 Å². The zero-order valence-electron chi connectivity index (χ0n) is 4.97. The second-order valence-corrected chi connectivity index (χ2v) is 3.88. The van der Waals surface area contributed by atoms with Gasteiger partial charge in [-0.2, -0.15) is 0 Å². The monoisotopic (exact) mass is 310 g/mol. The fourth-order valence-corrected chi connectivity index (χ4v) is 1.99. The predicted molar refractivity (Wildman–Crippen MR) is 52.2 cm³/mol. The number of aldehydes is 1. The zero-order valence-corrected chi connectivity index (χ0v) is 8.72. The van der Waals surface area contributed by atoms with E-state index in [-0.39, 0.29) is 0 Å². The van der Waals surface area contributed by atoms with Crippen LogP contribution in [0.5, 0.6) is 0 Å². The normalized spacial score (nSPS) is 9.40. The van der Waals surface area contributed by atoms with E-state index in [1.165, 1.54) is 0 Å². The summed E-state index contributed by atoms with van der Waals surface area (Å²) in [7, 11) is 0. The first-order chi connectivity index (χ1) is 4.74. The quantitative estimate of drug-likeness (QED) is 0.576. The van der Waals surface area contributed by atoms with E-state index in [0.717, 1.165) is 14.3 Å². The molecule has 0 saturated heterocycles. The summed E-state index contributed by atoms with van der Waals surface area (Å²) in [6.45, 7) is 0. The van der Waals surface area contributed by atoms with Gasteiger partial charge in [0.25, 0.3) is 0 Å². The Morgan fingerprint density at radius 2 is 2.20 bits per heavy atom. The second kappa shape index (κ2) is 3.48. The highest BCUT2D eigenvalue weighted by molar-refractivity contribution is 14.1. The van der Waals surface area contributed by atoms with Gasteiger partial charge < -0.3 is 0 Å². The molecule has 0 heterocycles. The molecule has 10 heavy (non-hydrogen) atoms.